The number of nitrogens with zero attached hydrogens (tertiary/aromatic N) is 2. The van der Waals surface area contributed by atoms with Crippen LogP contribution in [0.1, 0.15) is 54.4 Å². The molecule has 1 aromatic heterocycles. The van der Waals surface area contributed by atoms with Crippen molar-refractivity contribution in [1.82, 2.24) is 9.36 Å². The van der Waals surface area contributed by atoms with Crippen LogP contribution in [0.25, 0.3) is 0 Å². The van der Waals surface area contributed by atoms with E-state index in [2.05, 4.69) is 26.9 Å². The number of aryl methyl sites for hydroxylation is 2. The molecular formula is C17H22N4O2S. The number of unbranched alkanes of at least 4 members (excludes halogenated alkanes) is 2. The second-order valence-corrected chi connectivity index (χ2v) is 6.41. The van der Waals surface area contributed by atoms with Crippen LogP contribution in [0.15, 0.2) is 18.2 Å². The van der Waals surface area contributed by atoms with Crippen molar-refractivity contribution in [3.05, 3.63) is 35.2 Å². The number of hydrogen-bond acceptors (Lipinski definition) is 5. The molecule has 2 N–H and O–H groups in total. The van der Waals surface area contributed by atoms with E-state index < -0.39 is 6.03 Å². The van der Waals surface area contributed by atoms with Crippen LogP contribution in [0.3, 0.4) is 0 Å². The highest BCUT2D eigenvalue weighted by Gasteiger charge is 2.14. The fraction of sp³-hybridized carbons (Fsp3) is 0.412. The van der Waals surface area contributed by atoms with E-state index in [0.717, 1.165) is 36.4 Å². The van der Waals surface area contributed by atoms with Crippen molar-refractivity contribution in [2.75, 3.05) is 10.6 Å². The highest BCUT2D eigenvalue weighted by atomic mass is 32.1. The maximum Gasteiger partial charge on any atom is 0.325 e. The van der Waals surface area contributed by atoms with Crippen LogP contribution in [-0.4, -0.2) is 21.2 Å². The van der Waals surface area contributed by atoms with Gasteiger partial charge in [-0.3, -0.25) is 10.1 Å². The van der Waals surface area contributed by atoms with Gasteiger partial charge in [-0.2, -0.15) is 4.37 Å². The first-order valence-electron chi connectivity index (χ1n) is 8.01. The quantitative estimate of drug-likeness (QED) is 0.568. The number of anilines is 2. The van der Waals surface area contributed by atoms with Crippen molar-refractivity contribution < 1.29 is 9.59 Å². The summed E-state index contributed by atoms with van der Waals surface area (Å²) in [6.45, 7) is 5.78. The zero-order valence-electron chi connectivity index (χ0n) is 14.2. The summed E-state index contributed by atoms with van der Waals surface area (Å²) in [7, 11) is 0. The maximum absolute atomic E-state index is 12.4. The van der Waals surface area contributed by atoms with Gasteiger partial charge in [0, 0.05) is 23.5 Å². The number of carbonyl (C=O) groups excluding carboxylic acids is 2. The molecule has 7 heteroatoms. The standard InChI is InChI=1S/C17H22N4O2S/c1-4-5-6-7-15(22)13-10-11(2)8-9-14(13)19-16(23)20-17-18-12(3)21-24-17/h8-10H,4-7H2,1-3H3,(H2,18,19,20,21,23). The summed E-state index contributed by atoms with van der Waals surface area (Å²) in [4.78, 5) is 28.6. The molecule has 2 aromatic rings. The topological polar surface area (TPSA) is 84.0 Å². The molecule has 0 aliphatic heterocycles. The predicted molar refractivity (Wildman–Crippen MR) is 96.9 cm³/mol. The summed E-state index contributed by atoms with van der Waals surface area (Å²) in [5.41, 5.74) is 2.05. The second kappa shape index (κ2) is 8.54. The van der Waals surface area contributed by atoms with Crippen molar-refractivity contribution in [3.63, 3.8) is 0 Å². The van der Waals surface area contributed by atoms with E-state index in [0.29, 0.717) is 28.6 Å². The number of amides is 2. The van der Waals surface area contributed by atoms with Gasteiger partial charge in [0.1, 0.15) is 5.82 Å². The summed E-state index contributed by atoms with van der Waals surface area (Å²) >= 11 is 1.11. The van der Waals surface area contributed by atoms with E-state index in [1.807, 2.05) is 19.1 Å². The Bertz CT molecular complexity index is 727. The predicted octanol–water partition coefficient (Wildman–Crippen LogP) is 4.56. The fourth-order valence-corrected chi connectivity index (χ4v) is 2.84. The number of carbonyl (C=O) groups is 2. The molecular weight excluding hydrogens is 324 g/mol. The number of nitrogens with one attached hydrogen (secondary N) is 2. The molecule has 128 valence electrons. The summed E-state index contributed by atoms with van der Waals surface area (Å²) in [5, 5.41) is 5.79. The fourth-order valence-electron chi connectivity index (χ4n) is 2.27. The Balaban J connectivity index is 2.08. The highest BCUT2D eigenvalue weighted by molar-refractivity contribution is 7.09. The monoisotopic (exact) mass is 346 g/mol. The molecule has 1 aromatic carbocycles. The molecule has 0 bridgehead atoms. The van der Waals surface area contributed by atoms with Crippen molar-refractivity contribution in [2.45, 2.75) is 46.5 Å². The molecule has 2 rings (SSSR count). The van der Waals surface area contributed by atoms with E-state index in [9.17, 15) is 9.59 Å². The van der Waals surface area contributed by atoms with Gasteiger partial charge >= 0.3 is 6.03 Å². The number of benzene rings is 1. The van der Waals surface area contributed by atoms with Crippen LogP contribution >= 0.6 is 11.5 Å². The molecule has 0 radical (unpaired) electrons. The lowest BCUT2D eigenvalue weighted by Crippen LogP contribution is -2.21. The Morgan fingerprint density at radius 3 is 2.62 bits per heavy atom. The number of Topliss-reactive ketones (excluding diaryl/α,β-unsaturated/α-hetero) is 1. The number of aromatic nitrogens is 2. The van der Waals surface area contributed by atoms with Gasteiger partial charge in [-0.25, -0.2) is 9.78 Å². The summed E-state index contributed by atoms with van der Waals surface area (Å²) in [6.07, 6.45) is 3.44. The smallest absolute Gasteiger partial charge is 0.307 e. The Morgan fingerprint density at radius 2 is 1.96 bits per heavy atom. The Morgan fingerprint density at radius 1 is 1.17 bits per heavy atom. The van der Waals surface area contributed by atoms with Crippen molar-refractivity contribution >= 4 is 34.2 Å². The molecule has 0 spiro atoms. The number of rotatable bonds is 7. The van der Waals surface area contributed by atoms with Gasteiger partial charge in [0.05, 0.1) is 5.69 Å². The van der Waals surface area contributed by atoms with E-state index >= 15 is 0 Å². The zero-order chi connectivity index (χ0) is 17.5. The molecule has 0 aliphatic rings. The lowest BCUT2D eigenvalue weighted by atomic mass is 10.0. The lowest BCUT2D eigenvalue weighted by Gasteiger charge is -2.11. The first-order chi connectivity index (χ1) is 11.5. The lowest BCUT2D eigenvalue weighted by molar-refractivity contribution is 0.0980. The van der Waals surface area contributed by atoms with Crippen LogP contribution in [0.4, 0.5) is 15.6 Å². The molecule has 0 aliphatic carbocycles. The Labute approximate surface area is 145 Å². The van der Waals surface area contributed by atoms with Crippen molar-refractivity contribution in [2.24, 2.45) is 0 Å². The molecule has 0 unspecified atom stereocenters. The van der Waals surface area contributed by atoms with Gasteiger partial charge in [0.2, 0.25) is 5.13 Å². The number of hydrogen-bond donors (Lipinski definition) is 2. The van der Waals surface area contributed by atoms with Gasteiger partial charge in [-0.15, -0.1) is 0 Å². The highest BCUT2D eigenvalue weighted by Crippen LogP contribution is 2.21. The third-order valence-electron chi connectivity index (χ3n) is 3.48. The summed E-state index contributed by atoms with van der Waals surface area (Å²) in [5.74, 6) is 0.659. The normalized spacial score (nSPS) is 10.5. The molecule has 0 saturated heterocycles. The third-order valence-corrected chi connectivity index (χ3v) is 4.20. The van der Waals surface area contributed by atoms with Crippen molar-refractivity contribution in [1.29, 1.82) is 0 Å². The van der Waals surface area contributed by atoms with E-state index in [1.165, 1.54) is 0 Å². The third kappa shape index (κ3) is 5.13. The largest absolute Gasteiger partial charge is 0.325 e. The Kier molecular flexibility index (Phi) is 6.43. The SMILES string of the molecule is CCCCCC(=O)c1cc(C)ccc1NC(=O)Nc1nc(C)ns1. The minimum absolute atomic E-state index is 0.0502. The molecule has 0 atom stereocenters. The van der Waals surface area contributed by atoms with Crippen LogP contribution < -0.4 is 10.6 Å². The zero-order valence-corrected chi connectivity index (χ0v) is 15.0. The molecule has 24 heavy (non-hydrogen) atoms. The minimum atomic E-state index is -0.433. The maximum atomic E-state index is 12.4. The first kappa shape index (κ1) is 18.1. The van der Waals surface area contributed by atoms with Gasteiger partial charge in [0.15, 0.2) is 5.78 Å². The van der Waals surface area contributed by atoms with Crippen LogP contribution in [0, 0.1) is 13.8 Å². The van der Waals surface area contributed by atoms with Crippen molar-refractivity contribution in [3.8, 4) is 0 Å². The Hall–Kier alpha value is -2.28. The second-order valence-electron chi connectivity index (χ2n) is 5.66. The van der Waals surface area contributed by atoms with E-state index in [4.69, 9.17) is 0 Å². The molecule has 2 amide bonds. The van der Waals surface area contributed by atoms with Crippen LogP contribution in [0.2, 0.25) is 0 Å². The summed E-state index contributed by atoms with van der Waals surface area (Å²) in [6, 6.07) is 5.01. The average Bonchev–Trinajstić information content (AvgIpc) is 2.94. The van der Waals surface area contributed by atoms with Gasteiger partial charge in [0.25, 0.3) is 0 Å². The van der Waals surface area contributed by atoms with Crippen LogP contribution in [0.5, 0.6) is 0 Å². The summed E-state index contributed by atoms with van der Waals surface area (Å²) < 4.78 is 4.01. The number of urea groups is 1. The molecule has 0 fully saturated rings. The van der Waals surface area contributed by atoms with Gasteiger partial charge in [-0.1, -0.05) is 31.4 Å². The molecule has 6 nitrogen and oxygen atoms in total. The minimum Gasteiger partial charge on any atom is -0.307 e. The van der Waals surface area contributed by atoms with Gasteiger partial charge in [-0.05, 0) is 32.4 Å². The van der Waals surface area contributed by atoms with Gasteiger partial charge < -0.3 is 5.32 Å². The average molecular weight is 346 g/mol. The van der Waals surface area contributed by atoms with Crippen LogP contribution in [-0.2, 0) is 0 Å². The number of ketones is 1. The molecule has 0 saturated carbocycles. The van der Waals surface area contributed by atoms with E-state index in [-0.39, 0.29) is 5.78 Å². The van der Waals surface area contributed by atoms with E-state index in [1.54, 1.807) is 13.0 Å². The molecule has 1 heterocycles. The first-order valence-corrected chi connectivity index (χ1v) is 8.79.